The summed E-state index contributed by atoms with van der Waals surface area (Å²) in [5.74, 6) is 0.595. The molecule has 1 heterocycles. The van der Waals surface area contributed by atoms with Gasteiger partial charge in [0, 0.05) is 14.2 Å². The van der Waals surface area contributed by atoms with Crippen molar-refractivity contribution in [1.29, 1.82) is 0 Å². The Morgan fingerprint density at radius 3 is 2.44 bits per heavy atom. The molecule has 0 radical (unpaired) electrons. The Hall–Kier alpha value is -0.610. The fourth-order valence-corrected chi connectivity index (χ4v) is 2.09. The van der Waals surface area contributed by atoms with Gasteiger partial charge in [-0.1, -0.05) is 0 Å². The van der Waals surface area contributed by atoms with Gasteiger partial charge in [0.1, 0.15) is 12.4 Å². The molecule has 92 valence electrons. The molecule has 0 saturated carbocycles. The quantitative estimate of drug-likeness (QED) is 0.723. The summed E-state index contributed by atoms with van der Waals surface area (Å²) >= 11 is 0. The molecule has 0 aromatic carbocycles. The van der Waals surface area contributed by atoms with Gasteiger partial charge < -0.3 is 18.2 Å². The highest BCUT2D eigenvalue weighted by molar-refractivity contribution is 7.61. The number of hydrogen-bond donors (Lipinski definition) is 0. The van der Waals surface area contributed by atoms with Crippen molar-refractivity contribution in [2.75, 3.05) is 14.2 Å². The van der Waals surface area contributed by atoms with Crippen LogP contribution in [0.2, 0.25) is 0 Å². The molecule has 1 rings (SSSR count). The van der Waals surface area contributed by atoms with Gasteiger partial charge in [-0.25, -0.2) is 0 Å². The summed E-state index contributed by atoms with van der Waals surface area (Å²) < 4.78 is 32.2. The van der Waals surface area contributed by atoms with Crippen LogP contribution in [0.1, 0.15) is 19.6 Å². The van der Waals surface area contributed by atoms with E-state index in [2.05, 4.69) is 0 Å². The first kappa shape index (κ1) is 13.5. The Bertz CT molecular complexity index is 363. The molecule has 0 saturated heterocycles. The third kappa shape index (κ3) is 3.19. The first-order valence-electron chi connectivity index (χ1n) is 4.94. The highest BCUT2D eigenvalue weighted by Gasteiger charge is 2.28. The van der Waals surface area contributed by atoms with E-state index >= 15 is 0 Å². The van der Waals surface area contributed by atoms with Crippen LogP contribution < -0.4 is 5.50 Å². The minimum Gasteiger partial charge on any atom is -0.451 e. The summed E-state index contributed by atoms with van der Waals surface area (Å²) in [6, 6.07) is 3.27. The second kappa shape index (κ2) is 5.64. The van der Waals surface area contributed by atoms with Crippen molar-refractivity contribution in [3.8, 4) is 0 Å². The van der Waals surface area contributed by atoms with Crippen molar-refractivity contribution in [2.45, 2.75) is 26.6 Å². The Balaban J connectivity index is 2.74. The van der Waals surface area contributed by atoms with E-state index in [1.165, 1.54) is 14.2 Å². The zero-order chi connectivity index (χ0) is 12.2. The molecule has 0 fully saturated rings. The van der Waals surface area contributed by atoms with E-state index in [4.69, 9.17) is 18.2 Å². The number of ether oxygens (including phenoxy) is 1. The molecule has 0 bridgehead atoms. The largest absolute Gasteiger partial charge is 0.451 e. The van der Waals surface area contributed by atoms with Crippen LogP contribution in [0.4, 0.5) is 0 Å². The van der Waals surface area contributed by atoms with Gasteiger partial charge in [-0.2, -0.15) is 0 Å². The average Bonchev–Trinajstić information content (AvgIpc) is 2.74. The minimum atomic E-state index is -3.28. The lowest BCUT2D eigenvalue weighted by Crippen LogP contribution is -2.05. The van der Waals surface area contributed by atoms with E-state index in [0.717, 1.165) is 0 Å². The fourth-order valence-electron chi connectivity index (χ4n) is 1.09. The van der Waals surface area contributed by atoms with Crippen LogP contribution in [-0.2, 0) is 25.0 Å². The maximum Gasteiger partial charge on any atom is 0.395 e. The van der Waals surface area contributed by atoms with Crippen LogP contribution in [-0.4, -0.2) is 20.3 Å². The Kier molecular flexibility index (Phi) is 4.74. The third-order valence-electron chi connectivity index (χ3n) is 1.96. The molecular formula is C10H17O5P. The fraction of sp³-hybridized carbons (Fsp3) is 0.600. The van der Waals surface area contributed by atoms with Crippen molar-refractivity contribution in [3.05, 3.63) is 17.9 Å². The average molecular weight is 248 g/mol. The van der Waals surface area contributed by atoms with E-state index in [1.807, 2.05) is 13.8 Å². The first-order valence-corrected chi connectivity index (χ1v) is 6.48. The highest BCUT2D eigenvalue weighted by atomic mass is 31.2. The summed E-state index contributed by atoms with van der Waals surface area (Å²) in [4.78, 5) is 0. The molecule has 16 heavy (non-hydrogen) atoms. The Labute approximate surface area is 95.2 Å². The molecule has 0 aliphatic heterocycles. The summed E-state index contributed by atoms with van der Waals surface area (Å²) in [5.41, 5.74) is 0.194. The summed E-state index contributed by atoms with van der Waals surface area (Å²) in [5, 5.41) is 0. The normalized spacial score (nSPS) is 12.3. The summed E-state index contributed by atoms with van der Waals surface area (Å²) in [7, 11) is -0.649. The lowest BCUT2D eigenvalue weighted by Gasteiger charge is -2.10. The Morgan fingerprint density at radius 1 is 1.31 bits per heavy atom. The van der Waals surface area contributed by atoms with Gasteiger partial charge in [-0.05, 0) is 26.0 Å². The number of hydrogen-bond acceptors (Lipinski definition) is 5. The monoisotopic (exact) mass is 248 g/mol. The minimum absolute atomic E-state index is 0.116. The van der Waals surface area contributed by atoms with Crippen LogP contribution in [0.5, 0.6) is 0 Å². The zero-order valence-electron chi connectivity index (χ0n) is 9.93. The molecule has 0 amide bonds. The molecule has 0 aliphatic carbocycles. The lowest BCUT2D eigenvalue weighted by molar-refractivity contribution is 0.0550. The molecule has 0 spiro atoms. The second-order valence-corrected chi connectivity index (χ2v) is 5.63. The van der Waals surface area contributed by atoms with Gasteiger partial charge in [0.2, 0.25) is 5.50 Å². The zero-order valence-corrected chi connectivity index (χ0v) is 10.8. The topological polar surface area (TPSA) is 57.9 Å². The smallest absolute Gasteiger partial charge is 0.395 e. The maximum absolute atomic E-state index is 11.9. The van der Waals surface area contributed by atoms with Crippen LogP contribution in [0.3, 0.4) is 0 Å². The SMILES string of the molecule is COP(=O)(OC)c1ccc(COC(C)C)o1. The van der Waals surface area contributed by atoms with Gasteiger partial charge in [0.15, 0.2) is 0 Å². The van der Waals surface area contributed by atoms with E-state index in [9.17, 15) is 4.57 Å². The molecule has 6 heteroatoms. The number of rotatable bonds is 6. The predicted molar refractivity (Wildman–Crippen MR) is 59.9 cm³/mol. The molecule has 0 unspecified atom stereocenters. The third-order valence-corrected chi connectivity index (χ3v) is 3.70. The van der Waals surface area contributed by atoms with Crippen molar-refractivity contribution >= 4 is 13.1 Å². The summed E-state index contributed by atoms with van der Waals surface area (Å²) in [6.07, 6.45) is 0.116. The summed E-state index contributed by atoms with van der Waals surface area (Å²) in [6.45, 7) is 4.20. The lowest BCUT2D eigenvalue weighted by atomic mass is 10.4. The number of furan rings is 1. The molecule has 1 aromatic rings. The predicted octanol–water partition coefficient (Wildman–Crippen LogP) is 2.32. The van der Waals surface area contributed by atoms with Crippen molar-refractivity contribution in [1.82, 2.24) is 0 Å². The highest BCUT2D eigenvalue weighted by Crippen LogP contribution is 2.45. The van der Waals surface area contributed by atoms with Crippen LogP contribution >= 0.6 is 7.60 Å². The van der Waals surface area contributed by atoms with Gasteiger partial charge in [0.05, 0.1) is 6.10 Å². The van der Waals surface area contributed by atoms with Crippen molar-refractivity contribution < 1.29 is 22.8 Å². The van der Waals surface area contributed by atoms with Crippen molar-refractivity contribution in [2.24, 2.45) is 0 Å². The van der Waals surface area contributed by atoms with Crippen LogP contribution in [0, 0.1) is 0 Å². The molecule has 5 nitrogen and oxygen atoms in total. The van der Waals surface area contributed by atoms with Gasteiger partial charge >= 0.3 is 7.60 Å². The van der Waals surface area contributed by atoms with E-state index in [0.29, 0.717) is 12.4 Å². The van der Waals surface area contributed by atoms with Gasteiger partial charge in [0.25, 0.3) is 0 Å². The molecular weight excluding hydrogens is 231 g/mol. The Morgan fingerprint density at radius 2 is 1.94 bits per heavy atom. The van der Waals surface area contributed by atoms with Crippen LogP contribution in [0.25, 0.3) is 0 Å². The van der Waals surface area contributed by atoms with E-state index in [1.54, 1.807) is 12.1 Å². The maximum atomic E-state index is 11.9. The van der Waals surface area contributed by atoms with Gasteiger partial charge in [-0.15, -0.1) is 0 Å². The molecule has 0 atom stereocenters. The van der Waals surface area contributed by atoms with Crippen LogP contribution in [0.15, 0.2) is 16.5 Å². The standard InChI is InChI=1S/C10H17O5P/c1-8(2)14-7-9-5-6-10(15-9)16(11,12-3)13-4/h5-6,8H,7H2,1-4H3. The molecule has 0 N–H and O–H groups in total. The first-order chi connectivity index (χ1) is 7.51. The van der Waals surface area contributed by atoms with E-state index in [-0.39, 0.29) is 11.6 Å². The second-order valence-electron chi connectivity index (χ2n) is 3.46. The molecule has 0 aliphatic rings. The van der Waals surface area contributed by atoms with E-state index < -0.39 is 7.60 Å². The molecule has 1 aromatic heterocycles. The van der Waals surface area contributed by atoms with Gasteiger partial charge in [-0.3, -0.25) is 4.57 Å². The van der Waals surface area contributed by atoms with Crippen molar-refractivity contribution in [3.63, 3.8) is 0 Å².